The third-order valence-electron chi connectivity index (χ3n) is 9.45. The number of hydrogen-bond donors (Lipinski definition) is 6. The van der Waals surface area contributed by atoms with Crippen LogP contribution in [0.4, 0.5) is 0 Å². The van der Waals surface area contributed by atoms with Gasteiger partial charge in [0, 0.05) is 6.42 Å². The highest BCUT2D eigenvalue weighted by molar-refractivity contribution is 5.76. The Morgan fingerprint density at radius 1 is 0.686 bits per heavy atom. The van der Waals surface area contributed by atoms with Crippen LogP contribution in [-0.4, -0.2) is 87.5 Å². The molecule has 0 bridgehead atoms. The molecule has 7 atom stereocenters. The topological polar surface area (TPSA) is 149 Å². The molecule has 0 aromatic carbocycles. The molecule has 51 heavy (non-hydrogen) atoms. The van der Waals surface area contributed by atoms with Crippen LogP contribution in [0.25, 0.3) is 0 Å². The van der Waals surface area contributed by atoms with Crippen molar-refractivity contribution in [3.05, 3.63) is 48.6 Å². The van der Waals surface area contributed by atoms with Gasteiger partial charge >= 0.3 is 0 Å². The highest BCUT2D eigenvalue weighted by Crippen LogP contribution is 2.23. The van der Waals surface area contributed by atoms with Gasteiger partial charge in [-0.05, 0) is 51.4 Å². The number of nitrogens with one attached hydrogen (secondary N) is 1. The number of amides is 1. The van der Waals surface area contributed by atoms with E-state index < -0.39 is 49.5 Å². The van der Waals surface area contributed by atoms with E-state index in [1.54, 1.807) is 0 Å². The third-order valence-corrected chi connectivity index (χ3v) is 9.45. The molecule has 1 rings (SSSR count). The third kappa shape index (κ3) is 24.2. The van der Waals surface area contributed by atoms with E-state index in [0.717, 1.165) is 77.0 Å². The van der Waals surface area contributed by atoms with Gasteiger partial charge in [-0.3, -0.25) is 4.79 Å². The SMILES string of the molecule is CC/C=C\C/C=C\C/C=C\C/C=C\CCCCCCCCC(=O)NC(COC1OC(CO)C(O)C(O)C1O)C(O)CCCCCCCCCCC. The Kier molecular flexibility index (Phi) is 30.3. The standard InChI is InChI=1S/C42H75NO8/c1-3-5-7-9-11-13-14-15-16-17-18-19-20-21-22-24-26-28-30-32-38(46)43-35(36(45)31-29-27-25-23-12-10-8-6-4-2)34-50-42-41(49)40(48)39(47)37(33-44)51-42/h5,7,11,13,15-16,18-19,35-37,39-42,44-45,47-49H,3-4,6,8-10,12,14,17,20-34H2,1-2H3,(H,43,46)/b7-5-,13-11-,16-15-,19-18-. The minimum Gasteiger partial charge on any atom is -0.394 e. The lowest BCUT2D eigenvalue weighted by Crippen LogP contribution is -2.60. The Labute approximate surface area is 310 Å². The molecule has 7 unspecified atom stereocenters. The number of allylic oxidation sites excluding steroid dienone is 8. The maximum Gasteiger partial charge on any atom is 0.220 e. The van der Waals surface area contributed by atoms with Gasteiger partial charge in [0.05, 0.1) is 25.4 Å². The molecule has 0 aliphatic carbocycles. The van der Waals surface area contributed by atoms with Crippen LogP contribution in [0.5, 0.6) is 0 Å². The van der Waals surface area contributed by atoms with Crippen molar-refractivity contribution in [2.24, 2.45) is 0 Å². The molecule has 1 fully saturated rings. The lowest BCUT2D eigenvalue weighted by atomic mass is 9.99. The summed E-state index contributed by atoms with van der Waals surface area (Å²) in [5, 5.41) is 54.0. The first-order valence-electron chi connectivity index (χ1n) is 20.3. The molecule has 1 amide bonds. The number of aliphatic hydroxyl groups excluding tert-OH is 5. The zero-order valence-electron chi connectivity index (χ0n) is 32.1. The van der Waals surface area contributed by atoms with Crippen molar-refractivity contribution in [2.45, 2.75) is 198 Å². The quantitative estimate of drug-likeness (QED) is 0.0309. The molecule has 0 aromatic rings. The van der Waals surface area contributed by atoms with E-state index in [-0.39, 0.29) is 12.5 Å². The molecule has 6 N–H and O–H groups in total. The highest BCUT2D eigenvalue weighted by Gasteiger charge is 2.44. The number of ether oxygens (including phenoxy) is 2. The van der Waals surface area contributed by atoms with Crippen molar-refractivity contribution < 1.29 is 39.8 Å². The fraction of sp³-hybridized carbons (Fsp3) is 0.786. The molecule has 0 radical (unpaired) electrons. The van der Waals surface area contributed by atoms with Gasteiger partial charge in [0.15, 0.2) is 6.29 Å². The number of carbonyl (C=O) groups excluding carboxylic acids is 1. The van der Waals surface area contributed by atoms with E-state index >= 15 is 0 Å². The van der Waals surface area contributed by atoms with Crippen LogP contribution >= 0.6 is 0 Å². The zero-order chi connectivity index (χ0) is 37.4. The Bertz CT molecular complexity index is 936. The summed E-state index contributed by atoms with van der Waals surface area (Å²) in [6, 6.07) is -0.725. The smallest absolute Gasteiger partial charge is 0.220 e. The molecule has 1 aliphatic heterocycles. The second kappa shape index (κ2) is 32.8. The summed E-state index contributed by atoms with van der Waals surface area (Å²) >= 11 is 0. The fourth-order valence-electron chi connectivity index (χ4n) is 6.15. The largest absolute Gasteiger partial charge is 0.394 e. The first kappa shape index (κ1) is 47.2. The molecule has 9 nitrogen and oxygen atoms in total. The van der Waals surface area contributed by atoms with Gasteiger partial charge in [0.2, 0.25) is 5.91 Å². The second-order valence-electron chi connectivity index (χ2n) is 14.1. The summed E-state index contributed by atoms with van der Waals surface area (Å²) in [6.45, 7) is 3.66. The van der Waals surface area contributed by atoms with Crippen LogP contribution in [0.3, 0.4) is 0 Å². The summed E-state index contributed by atoms with van der Waals surface area (Å²) < 4.78 is 11.2. The van der Waals surface area contributed by atoms with Gasteiger partial charge in [0.1, 0.15) is 24.4 Å². The molecule has 1 aliphatic rings. The van der Waals surface area contributed by atoms with Crippen LogP contribution in [0.15, 0.2) is 48.6 Å². The van der Waals surface area contributed by atoms with Crippen LogP contribution in [0, 0.1) is 0 Å². The number of hydrogen-bond acceptors (Lipinski definition) is 8. The number of aliphatic hydroxyl groups is 5. The van der Waals surface area contributed by atoms with Crippen molar-refractivity contribution in [1.82, 2.24) is 5.32 Å². The second-order valence-corrected chi connectivity index (χ2v) is 14.1. The first-order chi connectivity index (χ1) is 24.8. The van der Waals surface area contributed by atoms with E-state index in [9.17, 15) is 30.3 Å². The molecule has 296 valence electrons. The number of unbranched alkanes of at least 4 members (excludes halogenated alkanes) is 14. The molecule has 0 spiro atoms. The average Bonchev–Trinajstić information content (AvgIpc) is 3.13. The van der Waals surface area contributed by atoms with E-state index in [4.69, 9.17) is 9.47 Å². The van der Waals surface area contributed by atoms with Crippen molar-refractivity contribution in [1.29, 1.82) is 0 Å². The fourth-order valence-corrected chi connectivity index (χ4v) is 6.15. The van der Waals surface area contributed by atoms with Gasteiger partial charge in [-0.15, -0.1) is 0 Å². The first-order valence-corrected chi connectivity index (χ1v) is 20.3. The predicted octanol–water partition coefficient (Wildman–Crippen LogP) is 7.50. The lowest BCUT2D eigenvalue weighted by molar-refractivity contribution is -0.302. The summed E-state index contributed by atoms with van der Waals surface area (Å²) in [5.74, 6) is -0.164. The van der Waals surface area contributed by atoms with Gasteiger partial charge in [-0.1, -0.05) is 146 Å². The minimum atomic E-state index is -1.55. The number of carbonyl (C=O) groups is 1. The van der Waals surface area contributed by atoms with Crippen molar-refractivity contribution in [3.63, 3.8) is 0 Å². The van der Waals surface area contributed by atoms with Gasteiger partial charge in [-0.2, -0.15) is 0 Å². The maximum absolute atomic E-state index is 12.9. The molecule has 1 saturated heterocycles. The Hall–Kier alpha value is -1.85. The van der Waals surface area contributed by atoms with E-state index in [1.165, 1.54) is 51.4 Å². The van der Waals surface area contributed by atoms with E-state index in [2.05, 4.69) is 67.8 Å². The molecular formula is C42H75NO8. The van der Waals surface area contributed by atoms with E-state index in [0.29, 0.717) is 12.8 Å². The van der Waals surface area contributed by atoms with Crippen molar-refractivity contribution in [3.8, 4) is 0 Å². The monoisotopic (exact) mass is 722 g/mol. The van der Waals surface area contributed by atoms with Crippen molar-refractivity contribution in [2.75, 3.05) is 13.2 Å². The molecular weight excluding hydrogens is 646 g/mol. The summed E-state index contributed by atoms with van der Waals surface area (Å²) in [4.78, 5) is 12.9. The minimum absolute atomic E-state index is 0.147. The Balaban J connectivity index is 2.36. The van der Waals surface area contributed by atoms with Crippen LogP contribution in [0.1, 0.15) is 155 Å². The van der Waals surface area contributed by atoms with Crippen LogP contribution < -0.4 is 5.32 Å². The van der Waals surface area contributed by atoms with Gasteiger partial charge < -0.3 is 40.3 Å². The highest BCUT2D eigenvalue weighted by atomic mass is 16.7. The Morgan fingerprint density at radius 3 is 1.80 bits per heavy atom. The van der Waals surface area contributed by atoms with Crippen LogP contribution in [0.2, 0.25) is 0 Å². The summed E-state index contributed by atoms with van der Waals surface area (Å²) in [6.07, 6.45) is 32.6. The normalized spacial score (nSPS) is 22.5. The summed E-state index contributed by atoms with van der Waals surface area (Å²) in [7, 11) is 0. The van der Waals surface area contributed by atoms with Gasteiger partial charge in [-0.25, -0.2) is 0 Å². The van der Waals surface area contributed by atoms with Crippen molar-refractivity contribution >= 4 is 5.91 Å². The van der Waals surface area contributed by atoms with E-state index in [1.807, 2.05) is 0 Å². The predicted molar refractivity (Wildman–Crippen MR) is 207 cm³/mol. The maximum atomic E-state index is 12.9. The summed E-state index contributed by atoms with van der Waals surface area (Å²) in [5.41, 5.74) is 0. The molecule has 9 heteroatoms. The molecule has 0 saturated carbocycles. The number of rotatable bonds is 32. The van der Waals surface area contributed by atoms with Crippen LogP contribution in [-0.2, 0) is 14.3 Å². The van der Waals surface area contributed by atoms with Gasteiger partial charge in [0.25, 0.3) is 0 Å². The lowest BCUT2D eigenvalue weighted by Gasteiger charge is -2.40. The Morgan fingerprint density at radius 2 is 1.22 bits per heavy atom. The zero-order valence-corrected chi connectivity index (χ0v) is 32.1. The average molecular weight is 722 g/mol. The molecule has 1 heterocycles. The molecule has 0 aromatic heterocycles.